The van der Waals surface area contributed by atoms with E-state index in [4.69, 9.17) is 16.0 Å². The molecule has 2 heterocycles. The molecule has 0 spiro atoms. The zero-order valence-corrected chi connectivity index (χ0v) is 16.6. The van der Waals surface area contributed by atoms with E-state index >= 15 is 0 Å². The maximum atomic E-state index is 12.5. The van der Waals surface area contributed by atoms with Gasteiger partial charge in [0.15, 0.2) is 10.4 Å². The van der Waals surface area contributed by atoms with Crippen molar-refractivity contribution in [2.75, 3.05) is 36.4 Å². The number of carbonyl (C=O) groups excluding carboxylic acids is 2. The average molecular weight is 481 g/mol. The Morgan fingerprint density at radius 3 is 2.32 bits per heavy atom. The summed E-state index contributed by atoms with van der Waals surface area (Å²) in [4.78, 5) is 26.0. The first-order valence-corrected chi connectivity index (χ1v) is 9.29. The quantitative estimate of drug-likeness (QED) is 0.717. The summed E-state index contributed by atoms with van der Waals surface area (Å²) in [5.41, 5.74) is 1.05. The molecule has 0 unspecified atom stereocenters. The van der Waals surface area contributed by atoms with Gasteiger partial charge >= 0.3 is 12.1 Å². The Hall–Kier alpha value is -2.20. The van der Waals surface area contributed by atoms with Gasteiger partial charge in [-0.25, -0.2) is 0 Å². The van der Waals surface area contributed by atoms with Crippen molar-refractivity contribution in [1.82, 2.24) is 4.90 Å². The first kappa shape index (κ1) is 20.5. The minimum Gasteiger partial charge on any atom is -0.444 e. The summed E-state index contributed by atoms with van der Waals surface area (Å²) < 4.78 is 43.2. The van der Waals surface area contributed by atoms with Gasteiger partial charge in [0, 0.05) is 31.9 Å². The van der Waals surface area contributed by atoms with Gasteiger partial charge in [-0.15, -0.1) is 0 Å². The molecular weight excluding hydrogens is 467 g/mol. The molecule has 0 aliphatic carbocycles. The number of nitrogens with zero attached hydrogens (tertiary/aromatic N) is 2. The molecule has 0 saturated carbocycles. The van der Waals surface area contributed by atoms with Crippen LogP contribution in [0, 0.1) is 0 Å². The molecule has 1 N–H and O–H groups in total. The fourth-order valence-corrected chi connectivity index (χ4v) is 3.41. The highest BCUT2D eigenvalue weighted by molar-refractivity contribution is 9.10. The summed E-state index contributed by atoms with van der Waals surface area (Å²) in [6.45, 7) is 0.322. The summed E-state index contributed by atoms with van der Waals surface area (Å²) >= 11 is 9.40. The van der Waals surface area contributed by atoms with Gasteiger partial charge in [-0.1, -0.05) is 11.6 Å². The monoisotopic (exact) mass is 479 g/mol. The SMILES string of the molecule is O=C(Nc1ccc(N2CCN(C(=O)C(F)(F)F)CC2)c(Cl)c1)c1ccc(Br)o1. The Labute approximate surface area is 171 Å². The number of furan rings is 1. The normalized spacial score (nSPS) is 14.9. The number of hydrogen-bond acceptors (Lipinski definition) is 4. The lowest BCUT2D eigenvalue weighted by Gasteiger charge is -2.36. The molecule has 0 atom stereocenters. The third-order valence-corrected chi connectivity index (χ3v) is 4.88. The van der Waals surface area contributed by atoms with E-state index in [1.54, 1.807) is 29.2 Å². The number of alkyl halides is 3. The van der Waals surface area contributed by atoms with Crippen molar-refractivity contribution in [2.24, 2.45) is 0 Å². The van der Waals surface area contributed by atoms with E-state index in [9.17, 15) is 22.8 Å². The molecule has 2 amide bonds. The zero-order valence-electron chi connectivity index (χ0n) is 14.2. The first-order valence-electron chi connectivity index (χ1n) is 8.12. The number of anilines is 2. The number of nitrogens with one attached hydrogen (secondary N) is 1. The van der Waals surface area contributed by atoms with Crippen LogP contribution < -0.4 is 10.2 Å². The van der Waals surface area contributed by atoms with Crippen molar-refractivity contribution in [3.8, 4) is 0 Å². The molecular formula is C17H14BrClF3N3O3. The Kier molecular flexibility index (Phi) is 5.90. The topological polar surface area (TPSA) is 65.8 Å². The Morgan fingerprint density at radius 2 is 1.79 bits per heavy atom. The number of hydrogen-bond donors (Lipinski definition) is 1. The van der Waals surface area contributed by atoms with Gasteiger partial charge in [0.1, 0.15) is 0 Å². The zero-order chi connectivity index (χ0) is 20.5. The van der Waals surface area contributed by atoms with E-state index in [0.29, 0.717) is 21.1 Å². The molecule has 0 bridgehead atoms. The van der Waals surface area contributed by atoms with Crippen LogP contribution in [0.4, 0.5) is 24.5 Å². The minimum atomic E-state index is -4.87. The highest BCUT2D eigenvalue weighted by Gasteiger charge is 2.43. The van der Waals surface area contributed by atoms with Crippen molar-refractivity contribution in [2.45, 2.75) is 6.18 Å². The van der Waals surface area contributed by atoms with E-state index in [1.165, 1.54) is 6.07 Å². The van der Waals surface area contributed by atoms with Crippen LogP contribution in [0.15, 0.2) is 39.4 Å². The van der Waals surface area contributed by atoms with Crippen LogP contribution in [0.5, 0.6) is 0 Å². The van der Waals surface area contributed by atoms with Gasteiger partial charge in [-0.2, -0.15) is 13.2 Å². The van der Waals surface area contributed by atoms with Gasteiger partial charge in [0.2, 0.25) is 0 Å². The molecule has 6 nitrogen and oxygen atoms in total. The van der Waals surface area contributed by atoms with Crippen molar-refractivity contribution in [3.63, 3.8) is 0 Å². The third kappa shape index (κ3) is 4.61. The first-order chi connectivity index (χ1) is 13.1. The third-order valence-electron chi connectivity index (χ3n) is 4.15. The van der Waals surface area contributed by atoms with Gasteiger partial charge in [-0.05, 0) is 46.3 Å². The Morgan fingerprint density at radius 1 is 1.11 bits per heavy atom. The van der Waals surface area contributed by atoms with Crippen LogP contribution in [0.2, 0.25) is 5.02 Å². The standard InChI is InChI=1S/C17H14BrClF3N3O3/c18-14-4-3-13(28-14)15(26)23-10-1-2-12(11(19)9-10)24-5-7-25(8-6-24)16(27)17(20,21)22/h1-4,9H,5-8H2,(H,23,26). The predicted molar refractivity (Wildman–Crippen MR) is 101 cm³/mol. The second kappa shape index (κ2) is 8.04. The molecule has 1 saturated heterocycles. The fourth-order valence-electron chi connectivity index (χ4n) is 2.80. The molecule has 3 rings (SSSR count). The van der Waals surface area contributed by atoms with Crippen LogP contribution in [0.3, 0.4) is 0 Å². The molecule has 2 aromatic rings. The van der Waals surface area contributed by atoms with E-state index in [0.717, 1.165) is 4.90 Å². The molecule has 11 heteroatoms. The lowest BCUT2D eigenvalue weighted by molar-refractivity contribution is -0.185. The highest BCUT2D eigenvalue weighted by Crippen LogP contribution is 2.30. The molecule has 150 valence electrons. The maximum Gasteiger partial charge on any atom is 0.471 e. The maximum absolute atomic E-state index is 12.5. The van der Waals surface area contributed by atoms with Gasteiger partial charge < -0.3 is 19.5 Å². The summed E-state index contributed by atoms with van der Waals surface area (Å²) in [7, 11) is 0. The molecule has 0 radical (unpaired) electrons. The number of amides is 2. The van der Waals surface area contributed by atoms with E-state index in [-0.39, 0.29) is 31.9 Å². The minimum absolute atomic E-state index is 0.0550. The largest absolute Gasteiger partial charge is 0.471 e. The van der Waals surface area contributed by atoms with Gasteiger partial charge in [0.25, 0.3) is 5.91 Å². The Balaban J connectivity index is 1.63. The number of halogens is 5. The van der Waals surface area contributed by atoms with E-state index in [1.807, 2.05) is 0 Å². The molecule has 1 aliphatic rings. The van der Waals surface area contributed by atoms with Crippen LogP contribution >= 0.6 is 27.5 Å². The lowest BCUT2D eigenvalue weighted by Crippen LogP contribution is -2.52. The average Bonchev–Trinajstić information content (AvgIpc) is 3.07. The van der Waals surface area contributed by atoms with Crippen LogP contribution in [-0.2, 0) is 4.79 Å². The predicted octanol–water partition coefficient (Wildman–Crippen LogP) is 4.16. The van der Waals surface area contributed by atoms with E-state index in [2.05, 4.69) is 21.2 Å². The molecule has 1 aromatic carbocycles. The lowest BCUT2D eigenvalue weighted by atomic mass is 10.2. The summed E-state index contributed by atoms with van der Waals surface area (Å²) in [6.07, 6.45) is -4.87. The summed E-state index contributed by atoms with van der Waals surface area (Å²) in [5.74, 6) is -2.16. The second-order valence-electron chi connectivity index (χ2n) is 6.00. The number of piperazine rings is 1. The second-order valence-corrected chi connectivity index (χ2v) is 7.19. The van der Waals surface area contributed by atoms with Crippen molar-refractivity contribution in [1.29, 1.82) is 0 Å². The number of rotatable bonds is 3. The molecule has 1 fully saturated rings. The van der Waals surface area contributed by atoms with Crippen molar-refractivity contribution >= 4 is 50.7 Å². The van der Waals surface area contributed by atoms with E-state index < -0.39 is 18.0 Å². The summed E-state index contributed by atoms with van der Waals surface area (Å²) in [6, 6.07) is 7.94. The van der Waals surface area contributed by atoms with Crippen LogP contribution in [-0.4, -0.2) is 49.1 Å². The number of benzene rings is 1. The Bertz CT molecular complexity index is 895. The molecule has 1 aromatic heterocycles. The van der Waals surface area contributed by atoms with Crippen molar-refractivity contribution in [3.05, 3.63) is 45.8 Å². The van der Waals surface area contributed by atoms with Gasteiger partial charge in [0.05, 0.1) is 10.7 Å². The molecule has 28 heavy (non-hydrogen) atoms. The van der Waals surface area contributed by atoms with Crippen LogP contribution in [0.1, 0.15) is 10.6 Å². The fraction of sp³-hybridized carbons (Fsp3) is 0.294. The smallest absolute Gasteiger partial charge is 0.444 e. The van der Waals surface area contributed by atoms with Crippen molar-refractivity contribution < 1.29 is 27.2 Å². The highest BCUT2D eigenvalue weighted by atomic mass is 79.9. The number of carbonyl (C=O) groups is 2. The van der Waals surface area contributed by atoms with Gasteiger partial charge in [-0.3, -0.25) is 9.59 Å². The summed E-state index contributed by atoms with van der Waals surface area (Å²) in [5, 5.41) is 2.97. The molecule has 1 aliphatic heterocycles. The van der Waals surface area contributed by atoms with Crippen LogP contribution in [0.25, 0.3) is 0 Å².